The van der Waals surface area contributed by atoms with E-state index in [1.165, 1.54) is 24.1 Å². The first-order valence-electron chi connectivity index (χ1n) is 11.5. The van der Waals surface area contributed by atoms with Crippen LogP contribution in [0.2, 0.25) is 0 Å². The number of benzene rings is 2. The van der Waals surface area contributed by atoms with Gasteiger partial charge in [0.15, 0.2) is 0 Å². The molecule has 1 aliphatic heterocycles. The summed E-state index contributed by atoms with van der Waals surface area (Å²) in [6.45, 7) is 7.40. The summed E-state index contributed by atoms with van der Waals surface area (Å²) in [5.41, 5.74) is -0.602. The van der Waals surface area contributed by atoms with Crippen LogP contribution >= 0.6 is 15.9 Å². The van der Waals surface area contributed by atoms with Gasteiger partial charge in [-0.15, -0.1) is 0 Å². The van der Waals surface area contributed by atoms with E-state index in [0.717, 1.165) is 17.7 Å². The number of carbonyl (C=O) groups excluding carboxylic acids is 2. The van der Waals surface area contributed by atoms with Crippen molar-refractivity contribution in [1.29, 1.82) is 0 Å². The molecule has 5 nitrogen and oxygen atoms in total. The molecule has 0 radical (unpaired) electrons. The van der Waals surface area contributed by atoms with Crippen LogP contribution in [0.3, 0.4) is 0 Å². The van der Waals surface area contributed by atoms with E-state index in [4.69, 9.17) is 4.74 Å². The zero-order valence-electron chi connectivity index (χ0n) is 20.7. The van der Waals surface area contributed by atoms with Crippen molar-refractivity contribution in [3.05, 3.63) is 68.9 Å². The summed E-state index contributed by atoms with van der Waals surface area (Å²) in [7, 11) is 1.54. The fourth-order valence-corrected chi connectivity index (χ4v) is 4.85. The lowest BCUT2D eigenvalue weighted by atomic mass is 9.84. The van der Waals surface area contributed by atoms with Gasteiger partial charge >= 0.3 is 12.3 Å². The number of likely N-dealkylation sites (N-methyl/N-ethyl adjacent to an activating group) is 1. The molecule has 1 heterocycles. The molecule has 3 rings (SSSR count). The van der Waals surface area contributed by atoms with Crippen LogP contribution in [0, 0.1) is 12.7 Å². The smallest absolute Gasteiger partial charge is 0.416 e. The molecule has 196 valence electrons. The van der Waals surface area contributed by atoms with Gasteiger partial charge in [0.2, 0.25) is 0 Å². The maximum Gasteiger partial charge on any atom is 0.416 e. The van der Waals surface area contributed by atoms with Crippen molar-refractivity contribution < 1.29 is 31.9 Å². The molecule has 2 aromatic rings. The molecule has 36 heavy (non-hydrogen) atoms. The van der Waals surface area contributed by atoms with Gasteiger partial charge in [0.05, 0.1) is 5.56 Å². The summed E-state index contributed by atoms with van der Waals surface area (Å²) in [6, 6.07) is 7.26. The number of amides is 2. The highest BCUT2D eigenvalue weighted by molar-refractivity contribution is 9.10. The minimum Gasteiger partial charge on any atom is -0.444 e. The number of halogens is 5. The summed E-state index contributed by atoms with van der Waals surface area (Å²) in [6.07, 6.45) is -4.74. The van der Waals surface area contributed by atoms with Gasteiger partial charge in [-0.3, -0.25) is 4.79 Å². The lowest BCUT2D eigenvalue weighted by Crippen LogP contribution is -2.52. The zero-order chi connectivity index (χ0) is 27.0. The predicted molar refractivity (Wildman–Crippen MR) is 131 cm³/mol. The quantitative estimate of drug-likeness (QED) is 0.381. The largest absolute Gasteiger partial charge is 0.444 e. The van der Waals surface area contributed by atoms with Gasteiger partial charge in [-0.05, 0) is 69.5 Å². The van der Waals surface area contributed by atoms with Crippen LogP contribution in [0.4, 0.5) is 22.4 Å². The van der Waals surface area contributed by atoms with Crippen molar-refractivity contribution >= 4 is 27.9 Å². The molecule has 1 fully saturated rings. The van der Waals surface area contributed by atoms with Crippen LogP contribution in [-0.2, 0) is 10.9 Å². The average molecular weight is 573 g/mol. The normalized spacial score (nSPS) is 18.7. The van der Waals surface area contributed by atoms with Crippen molar-refractivity contribution in [3.8, 4) is 0 Å². The fourth-order valence-electron chi connectivity index (χ4n) is 4.35. The molecule has 0 aromatic heterocycles. The van der Waals surface area contributed by atoms with E-state index in [1.54, 1.807) is 44.7 Å². The Balaban J connectivity index is 1.95. The highest BCUT2D eigenvalue weighted by atomic mass is 79.9. The number of likely N-dealkylation sites (tertiary alicyclic amines) is 1. The molecule has 0 saturated carbocycles. The molecule has 2 amide bonds. The number of aryl methyl sites for hydroxylation is 1. The van der Waals surface area contributed by atoms with Crippen molar-refractivity contribution in [1.82, 2.24) is 9.80 Å². The Kier molecular flexibility index (Phi) is 8.07. The van der Waals surface area contributed by atoms with E-state index in [0.29, 0.717) is 18.5 Å². The topological polar surface area (TPSA) is 49.9 Å². The van der Waals surface area contributed by atoms with Crippen LogP contribution in [0.25, 0.3) is 0 Å². The summed E-state index contributed by atoms with van der Waals surface area (Å²) >= 11 is 3.07. The molecule has 1 aliphatic rings. The summed E-state index contributed by atoms with van der Waals surface area (Å²) in [4.78, 5) is 29.1. The maximum absolute atomic E-state index is 14.0. The summed E-state index contributed by atoms with van der Waals surface area (Å²) in [5.74, 6) is -1.37. The summed E-state index contributed by atoms with van der Waals surface area (Å²) < 4.78 is 59.6. The molecule has 10 heteroatoms. The van der Waals surface area contributed by atoms with Crippen LogP contribution in [-0.4, -0.2) is 53.6 Å². The van der Waals surface area contributed by atoms with E-state index in [2.05, 4.69) is 15.9 Å². The number of alkyl halides is 3. The number of rotatable bonds is 3. The Bertz CT molecular complexity index is 1150. The number of hydrogen-bond acceptors (Lipinski definition) is 3. The van der Waals surface area contributed by atoms with Gasteiger partial charge in [-0.1, -0.05) is 28.1 Å². The highest BCUT2D eigenvalue weighted by Crippen LogP contribution is 2.35. The second-order valence-corrected chi connectivity index (χ2v) is 11.0. The molecule has 0 N–H and O–H groups in total. The number of carbonyl (C=O) groups is 2. The first-order chi connectivity index (χ1) is 16.6. The molecular weight excluding hydrogens is 544 g/mol. The standard InChI is InChI=1S/C26H29BrF4N2O3/c1-15-10-16(6-7-21(15)28)20-14-33(24(35)36-25(2,3)4)9-8-22(20)32(5)23(34)17-11-18(26(29,30)31)13-19(27)12-17/h6-7,10-13,20,22H,8-9,14H2,1-5H3/t20-,22+/m0/s1. The van der Waals surface area contributed by atoms with Gasteiger partial charge in [-0.2, -0.15) is 13.2 Å². The number of piperidine rings is 1. The zero-order valence-corrected chi connectivity index (χ0v) is 22.3. The van der Waals surface area contributed by atoms with E-state index in [-0.39, 0.29) is 22.4 Å². The fraction of sp³-hybridized carbons (Fsp3) is 0.462. The lowest BCUT2D eigenvalue weighted by Gasteiger charge is -2.43. The number of hydrogen-bond donors (Lipinski definition) is 0. The lowest BCUT2D eigenvalue weighted by molar-refractivity contribution is -0.137. The third-order valence-corrected chi connectivity index (χ3v) is 6.59. The Hall–Kier alpha value is -2.62. The third kappa shape index (κ3) is 6.57. The Morgan fingerprint density at radius 2 is 1.78 bits per heavy atom. The summed E-state index contributed by atoms with van der Waals surface area (Å²) in [5, 5.41) is 0. The molecule has 2 aromatic carbocycles. The van der Waals surface area contributed by atoms with Crippen molar-refractivity contribution in [2.75, 3.05) is 20.1 Å². The Morgan fingerprint density at radius 3 is 2.36 bits per heavy atom. The third-order valence-electron chi connectivity index (χ3n) is 6.13. The molecular formula is C26H29BrF4N2O3. The Labute approximate surface area is 216 Å². The van der Waals surface area contributed by atoms with E-state index < -0.39 is 41.3 Å². The second-order valence-electron chi connectivity index (χ2n) is 10.0. The van der Waals surface area contributed by atoms with Crippen molar-refractivity contribution in [3.63, 3.8) is 0 Å². The van der Waals surface area contributed by atoms with Crippen LogP contribution < -0.4 is 0 Å². The van der Waals surface area contributed by atoms with Gasteiger partial charge in [-0.25, -0.2) is 9.18 Å². The van der Waals surface area contributed by atoms with E-state index >= 15 is 0 Å². The molecule has 1 saturated heterocycles. The minimum atomic E-state index is -4.61. The van der Waals surface area contributed by atoms with E-state index in [9.17, 15) is 27.2 Å². The SMILES string of the molecule is Cc1cc([C@@H]2CN(C(=O)OC(C)(C)C)CC[C@H]2N(C)C(=O)c2cc(Br)cc(C(F)(F)F)c2)ccc1F. The predicted octanol–water partition coefficient (Wildman–Crippen LogP) is 6.78. The number of nitrogens with zero attached hydrogens (tertiary/aromatic N) is 2. The number of ether oxygens (including phenoxy) is 1. The molecule has 0 unspecified atom stereocenters. The first-order valence-corrected chi connectivity index (χ1v) is 12.2. The van der Waals surface area contributed by atoms with Crippen molar-refractivity contribution in [2.45, 2.75) is 57.9 Å². The van der Waals surface area contributed by atoms with Crippen LogP contribution in [0.15, 0.2) is 40.9 Å². The van der Waals surface area contributed by atoms with Crippen LogP contribution in [0.5, 0.6) is 0 Å². The average Bonchev–Trinajstić information content (AvgIpc) is 2.77. The van der Waals surface area contributed by atoms with Gasteiger partial charge in [0.1, 0.15) is 11.4 Å². The monoisotopic (exact) mass is 572 g/mol. The minimum absolute atomic E-state index is 0.109. The molecule has 0 bridgehead atoms. The van der Waals surface area contributed by atoms with E-state index in [1.807, 2.05) is 0 Å². The van der Waals surface area contributed by atoms with Crippen LogP contribution in [0.1, 0.15) is 60.2 Å². The molecule has 2 atom stereocenters. The van der Waals surface area contributed by atoms with Crippen molar-refractivity contribution in [2.24, 2.45) is 0 Å². The van der Waals surface area contributed by atoms with Gasteiger partial charge < -0.3 is 14.5 Å². The van der Waals surface area contributed by atoms with Gasteiger partial charge in [0.25, 0.3) is 5.91 Å². The van der Waals surface area contributed by atoms with Gasteiger partial charge in [0, 0.05) is 42.1 Å². The maximum atomic E-state index is 14.0. The highest BCUT2D eigenvalue weighted by Gasteiger charge is 2.39. The second kappa shape index (κ2) is 10.4. The molecule has 0 spiro atoms. The Morgan fingerprint density at radius 1 is 1.11 bits per heavy atom. The first kappa shape index (κ1) is 28.0. The molecule has 0 aliphatic carbocycles.